The number of hydrazine groups is 1. The normalized spacial score (nSPS) is 11.0. The van der Waals surface area contributed by atoms with E-state index in [1.807, 2.05) is 0 Å². The monoisotopic (exact) mass is 339 g/mol. The molecule has 0 bridgehead atoms. The molecular weight excluding hydrogens is 327 g/mol. The molecule has 0 aliphatic carbocycles. The molecule has 0 heterocycles. The fourth-order valence-electron chi connectivity index (χ4n) is 2.03. The van der Waals surface area contributed by atoms with Gasteiger partial charge in [0.2, 0.25) is 5.91 Å². The first kappa shape index (κ1) is 17.3. The van der Waals surface area contributed by atoms with Gasteiger partial charge in [-0.1, -0.05) is 18.2 Å². The smallest absolute Gasteiger partial charge is 0.274 e. The Morgan fingerprint density at radius 3 is 2.29 bits per heavy atom. The van der Waals surface area contributed by atoms with Crippen LogP contribution in [0.15, 0.2) is 48.5 Å². The molecule has 2 rings (SSSR count). The van der Waals surface area contributed by atoms with Crippen molar-refractivity contribution >= 4 is 23.0 Å². The van der Waals surface area contributed by atoms with Crippen LogP contribution in [0.4, 0.5) is 30.2 Å². The largest absolute Gasteiger partial charge is 0.416 e. The second-order valence-corrected chi connectivity index (χ2v) is 4.80. The molecule has 0 atom stereocenters. The van der Waals surface area contributed by atoms with E-state index in [9.17, 15) is 28.1 Å². The lowest BCUT2D eigenvalue weighted by atomic mass is 10.1. The number of nitrogens with zero attached hydrogens (tertiary/aromatic N) is 2. The molecule has 126 valence electrons. The summed E-state index contributed by atoms with van der Waals surface area (Å²) in [5, 5.41) is 12.1. The molecule has 0 aromatic heterocycles. The second-order valence-electron chi connectivity index (χ2n) is 4.80. The van der Waals surface area contributed by atoms with Gasteiger partial charge in [0.05, 0.1) is 16.2 Å². The Kier molecular flexibility index (Phi) is 4.72. The number of para-hydroxylation sites is 1. The fourth-order valence-corrected chi connectivity index (χ4v) is 2.03. The van der Waals surface area contributed by atoms with Crippen LogP contribution < -0.4 is 10.4 Å². The van der Waals surface area contributed by atoms with Gasteiger partial charge >= 0.3 is 6.18 Å². The van der Waals surface area contributed by atoms with E-state index in [0.29, 0.717) is 12.1 Å². The first-order valence-electron chi connectivity index (χ1n) is 6.68. The summed E-state index contributed by atoms with van der Waals surface area (Å²) in [7, 11) is 0. The maximum absolute atomic E-state index is 13.0. The molecule has 24 heavy (non-hydrogen) atoms. The van der Waals surface area contributed by atoms with Crippen LogP contribution in [0.3, 0.4) is 0 Å². The predicted octanol–water partition coefficient (Wildman–Crippen LogP) is 3.80. The van der Waals surface area contributed by atoms with Gasteiger partial charge < -0.3 is 0 Å². The minimum Gasteiger partial charge on any atom is -0.274 e. The third-order valence-electron chi connectivity index (χ3n) is 3.02. The van der Waals surface area contributed by atoms with E-state index in [-0.39, 0.29) is 5.69 Å². The van der Waals surface area contributed by atoms with Gasteiger partial charge in [0.1, 0.15) is 5.69 Å². The number of halogens is 3. The average Bonchev–Trinajstić information content (AvgIpc) is 2.51. The molecule has 9 heteroatoms. The third-order valence-corrected chi connectivity index (χ3v) is 3.02. The summed E-state index contributed by atoms with van der Waals surface area (Å²) in [5.74, 6) is -0.592. The molecule has 0 radical (unpaired) electrons. The molecule has 1 N–H and O–H groups in total. The number of nitro groups is 1. The van der Waals surface area contributed by atoms with Crippen LogP contribution in [0.2, 0.25) is 0 Å². The van der Waals surface area contributed by atoms with E-state index in [0.717, 1.165) is 18.0 Å². The maximum atomic E-state index is 13.0. The van der Waals surface area contributed by atoms with Crippen molar-refractivity contribution in [2.24, 2.45) is 0 Å². The van der Waals surface area contributed by atoms with E-state index >= 15 is 0 Å². The topological polar surface area (TPSA) is 75.5 Å². The Morgan fingerprint density at radius 1 is 1.17 bits per heavy atom. The standard InChI is InChI=1S/C15H12F3N3O3/c1-10(22)19-20(12-5-3-2-4-6-12)14-9-11(15(16,17)18)7-8-13(14)21(23)24/h2-9H,1H3,(H,19,22). The SMILES string of the molecule is CC(=O)NN(c1ccccc1)c1cc(C(F)(F)F)ccc1[N+](=O)[O-]. The van der Waals surface area contributed by atoms with E-state index in [1.54, 1.807) is 18.2 Å². The zero-order valence-corrected chi connectivity index (χ0v) is 12.4. The number of amides is 1. The number of hydrogen-bond donors (Lipinski definition) is 1. The Hall–Kier alpha value is -3.10. The molecular formula is C15H12F3N3O3. The molecule has 0 unspecified atom stereocenters. The molecule has 0 saturated heterocycles. The lowest BCUT2D eigenvalue weighted by Crippen LogP contribution is -2.37. The second kappa shape index (κ2) is 6.57. The van der Waals surface area contributed by atoms with Crippen LogP contribution in [-0.4, -0.2) is 10.8 Å². The van der Waals surface area contributed by atoms with Crippen molar-refractivity contribution in [1.82, 2.24) is 5.43 Å². The lowest BCUT2D eigenvalue weighted by molar-refractivity contribution is -0.384. The lowest BCUT2D eigenvalue weighted by Gasteiger charge is -2.25. The fraction of sp³-hybridized carbons (Fsp3) is 0.133. The molecule has 0 aliphatic rings. The highest BCUT2D eigenvalue weighted by atomic mass is 19.4. The first-order valence-corrected chi connectivity index (χ1v) is 6.68. The summed E-state index contributed by atoms with van der Waals surface area (Å²) in [4.78, 5) is 21.8. The van der Waals surface area contributed by atoms with Crippen molar-refractivity contribution in [2.75, 3.05) is 5.01 Å². The van der Waals surface area contributed by atoms with E-state index in [4.69, 9.17) is 0 Å². The minimum atomic E-state index is -4.68. The molecule has 1 amide bonds. The summed E-state index contributed by atoms with van der Waals surface area (Å²) < 4.78 is 38.9. The van der Waals surface area contributed by atoms with Crippen LogP contribution in [0.5, 0.6) is 0 Å². The summed E-state index contributed by atoms with van der Waals surface area (Å²) in [6.07, 6.45) is -4.68. The minimum absolute atomic E-state index is 0.273. The highest BCUT2D eigenvalue weighted by molar-refractivity contribution is 5.81. The van der Waals surface area contributed by atoms with Crippen LogP contribution in [0, 0.1) is 10.1 Å². The van der Waals surface area contributed by atoms with Gasteiger partial charge in [0, 0.05) is 13.0 Å². The maximum Gasteiger partial charge on any atom is 0.416 e. The molecule has 0 saturated carbocycles. The van der Waals surface area contributed by atoms with Crippen molar-refractivity contribution in [3.8, 4) is 0 Å². The first-order chi connectivity index (χ1) is 11.2. The van der Waals surface area contributed by atoms with Crippen LogP contribution >= 0.6 is 0 Å². The van der Waals surface area contributed by atoms with Crippen molar-refractivity contribution in [3.63, 3.8) is 0 Å². The molecule has 0 spiro atoms. The Balaban J connectivity index is 2.66. The number of alkyl halides is 3. The summed E-state index contributed by atoms with van der Waals surface area (Å²) in [5.41, 5.74) is 0.560. The highest BCUT2D eigenvalue weighted by Crippen LogP contribution is 2.38. The highest BCUT2D eigenvalue weighted by Gasteiger charge is 2.34. The number of rotatable bonds is 4. The van der Waals surface area contributed by atoms with Crippen LogP contribution in [0.1, 0.15) is 12.5 Å². The van der Waals surface area contributed by atoms with E-state index < -0.39 is 33.9 Å². The van der Waals surface area contributed by atoms with Gasteiger partial charge in [-0.3, -0.25) is 20.3 Å². The number of anilines is 2. The van der Waals surface area contributed by atoms with E-state index in [2.05, 4.69) is 5.43 Å². The number of carbonyl (C=O) groups is 1. The van der Waals surface area contributed by atoms with Gasteiger partial charge in [0.25, 0.3) is 5.69 Å². The van der Waals surface area contributed by atoms with Gasteiger partial charge in [-0.2, -0.15) is 13.2 Å². The zero-order chi connectivity index (χ0) is 17.9. The Bertz CT molecular complexity index is 764. The molecule has 6 nitrogen and oxygen atoms in total. The van der Waals surface area contributed by atoms with E-state index in [1.165, 1.54) is 12.1 Å². The molecule has 2 aromatic rings. The number of nitro benzene ring substituents is 1. The average molecular weight is 339 g/mol. The summed E-state index contributed by atoms with van der Waals surface area (Å²) >= 11 is 0. The van der Waals surface area contributed by atoms with Crippen molar-refractivity contribution in [2.45, 2.75) is 13.1 Å². The molecule has 0 fully saturated rings. The number of benzene rings is 2. The van der Waals surface area contributed by atoms with Gasteiger partial charge in [-0.15, -0.1) is 0 Å². The number of nitrogens with one attached hydrogen (secondary N) is 1. The van der Waals surface area contributed by atoms with Crippen LogP contribution in [0.25, 0.3) is 0 Å². The van der Waals surface area contributed by atoms with Crippen molar-refractivity contribution < 1.29 is 22.9 Å². The Labute approximate surface area is 134 Å². The Morgan fingerprint density at radius 2 is 1.79 bits per heavy atom. The number of hydrogen-bond acceptors (Lipinski definition) is 4. The predicted molar refractivity (Wildman–Crippen MR) is 80.5 cm³/mol. The zero-order valence-electron chi connectivity index (χ0n) is 12.4. The van der Waals surface area contributed by atoms with Crippen molar-refractivity contribution in [3.05, 3.63) is 64.2 Å². The van der Waals surface area contributed by atoms with Gasteiger partial charge in [-0.25, -0.2) is 5.01 Å². The summed E-state index contributed by atoms with van der Waals surface area (Å²) in [6.45, 7) is 1.15. The molecule has 2 aromatic carbocycles. The van der Waals surface area contributed by atoms with Crippen molar-refractivity contribution in [1.29, 1.82) is 0 Å². The quantitative estimate of drug-likeness (QED) is 0.679. The summed E-state index contributed by atoms with van der Waals surface area (Å²) in [6, 6.07) is 9.85. The van der Waals surface area contributed by atoms with Gasteiger partial charge in [0.15, 0.2) is 0 Å². The van der Waals surface area contributed by atoms with Crippen LogP contribution in [-0.2, 0) is 11.0 Å². The number of carbonyl (C=O) groups excluding carboxylic acids is 1. The van der Waals surface area contributed by atoms with Gasteiger partial charge in [-0.05, 0) is 24.3 Å². The molecule has 0 aliphatic heterocycles. The third kappa shape index (κ3) is 3.80.